The van der Waals surface area contributed by atoms with E-state index in [0.717, 1.165) is 16.8 Å². The van der Waals surface area contributed by atoms with Crippen LogP contribution in [0.2, 0.25) is 0 Å². The van der Waals surface area contributed by atoms with Crippen LogP contribution < -0.4 is 15.4 Å². The maximum atomic E-state index is 12.8. The molecule has 150 valence electrons. The van der Waals surface area contributed by atoms with Gasteiger partial charge in [-0.3, -0.25) is 4.72 Å². The highest BCUT2D eigenvalue weighted by molar-refractivity contribution is 7.92. The van der Waals surface area contributed by atoms with E-state index in [0.29, 0.717) is 22.1 Å². The molecule has 0 spiro atoms. The van der Waals surface area contributed by atoms with E-state index in [-0.39, 0.29) is 4.90 Å². The fourth-order valence-electron chi connectivity index (χ4n) is 2.84. The maximum Gasteiger partial charge on any atom is 0.262 e. The smallest absolute Gasteiger partial charge is 0.262 e. The van der Waals surface area contributed by atoms with Gasteiger partial charge in [-0.25, -0.2) is 8.42 Å². The van der Waals surface area contributed by atoms with Crippen molar-refractivity contribution in [3.8, 4) is 0 Å². The van der Waals surface area contributed by atoms with Crippen molar-refractivity contribution in [1.82, 2.24) is 0 Å². The van der Waals surface area contributed by atoms with Crippen LogP contribution in [0.5, 0.6) is 0 Å². The molecule has 0 aliphatic carbocycles. The van der Waals surface area contributed by atoms with E-state index >= 15 is 0 Å². The Kier molecular flexibility index (Phi) is 6.20. The number of para-hydroxylation sites is 1. The summed E-state index contributed by atoms with van der Waals surface area (Å²) in [5.74, 6) is 0. The predicted molar refractivity (Wildman–Crippen MR) is 124 cm³/mol. The molecule has 0 amide bonds. The molecule has 3 rings (SSSR count). The number of benzene rings is 3. The Morgan fingerprint density at radius 1 is 0.793 bits per heavy atom. The van der Waals surface area contributed by atoms with Gasteiger partial charge in [0.15, 0.2) is 5.11 Å². The van der Waals surface area contributed by atoms with Crippen molar-refractivity contribution in [1.29, 1.82) is 0 Å². The first-order chi connectivity index (χ1) is 13.7. The molecule has 0 fully saturated rings. The van der Waals surface area contributed by atoms with Gasteiger partial charge in [-0.15, -0.1) is 0 Å². The zero-order chi connectivity index (χ0) is 21.0. The Hall–Kier alpha value is -2.90. The van der Waals surface area contributed by atoms with Crippen LogP contribution in [-0.2, 0) is 10.0 Å². The van der Waals surface area contributed by atoms with Crippen molar-refractivity contribution in [2.45, 2.75) is 25.7 Å². The third-order valence-corrected chi connectivity index (χ3v) is 6.13. The van der Waals surface area contributed by atoms with Crippen molar-refractivity contribution < 1.29 is 8.42 Å². The topological polar surface area (TPSA) is 70.2 Å². The third kappa shape index (κ3) is 5.34. The lowest BCUT2D eigenvalue weighted by Gasteiger charge is -2.15. The molecule has 7 heteroatoms. The molecule has 5 nitrogen and oxygen atoms in total. The van der Waals surface area contributed by atoms with E-state index in [1.807, 2.05) is 38.1 Å². The summed E-state index contributed by atoms with van der Waals surface area (Å²) in [6.07, 6.45) is 0. The minimum atomic E-state index is -3.73. The number of hydrogen-bond acceptors (Lipinski definition) is 3. The first-order valence-electron chi connectivity index (χ1n) is 9.08. The summed E-state index contributed by atoms with van der Waals surface area (Å²) in [5, 5.41) is 6.63. The molecule has 0 bridgehead atoms. The maximum absolute atomic E-state index is 12.8. The average molecular weight is 426 g/mol. The number of rotatable bonds is 5. The molecule has 3 aromatic rings. The molecule has 0 aromatic heterocycles. The summed E-state index contributed by atoms with van der Waals surface area (Å²) in [7, 11) is -3.73. The summed E-state index contributed by atoms with van der Waals surface area (Å²) in [6, 6.07) is 20.0. The van der Waals surface area contributed by atoms with Crippen LogP contribution in [0.15, 0.2) is 71.6 Å². The predicted octanol–water partition coefficient (Wildman–Crippen LogP) is 5.22. The van der Waals surface area contributed by atoms with Gasteiger partial charge in [0.1, 0.15) is 0 Å². The van der Waals surface area contributed by atoms with Crippen LogP contribution in [-0.4, -0.2) is 13.5 Å². The Bertz CT molecular complexity index is 1140. The summed E-state index contributed by atoms with van der Waals surface area (Å²) in [6.45, 7) is 5.77. The fourth-order valence-corrected chi connectivity index (χ4v) is 4.40. The second kappa shape index (κ2) is 8.63. The number of anilines is 3. The fraction of sp³-hybridized carbons (Fsp3) is 0.136. The van der Waals surface area contributed by atoms with Gasteiger partial charge in [0, 0.05) is 17.1 Å². The Balaban J connectivity index is 1.79. The molecule has 0 aliphatic rings. The number of sulfonamides is 1. The van der Waals surface area contributed by atoms with Gasteiger partial charge in [0.05, 0.1) is 4.90 Å². The van der Waals surface area contributed by atoms with E-state index in [2.05, 4.69) is 15.4 Å². The minimum absolute atomic E-state index is 0.195. The van der Waals surface area contributed by atoms with E-state index in [9.17, 15) is 8.42 Å². The van der Waals surface area contributed by atoms with Crippen LogP contribution >= 0.6 is 12.2 Å². The van der Waals surface area contributed by atoms with Crippen LogP contribution in [0, 0.1) is 20.8 Å². The average Bonchev–Trinajstić information content (AvgIpc) is 2.66. The zero-order valence-electron chi connectivity index (χ0n) is 16.5. The molecule has 0 radical (unpaired) electrons. The highest BCUT2D eigenvalue weighted by atomic mass is 32.2. The number of nitrogens with one attached hydrogen (secondary N) is 3. The lowest BCUT2D eigenvalue weighted by molar-refractivity contribution is 0.600. The third-order valence-electron chi connectivity index (χ3n) is 4.40. The molecular weight excluding hydrogens is 402 g/mol. The van der Waals surface area contributed by atoms with Crippen molar-refractivity contribution in [2.24, 2.45) is 0 Å². The highest BCUT2D eigenvalue weighted by Crippen LogP contribution is 2.23. The quantitative estimate of drug-likeness (QED) is 0.489. The molecule has 0 atom stereocenters. The van der Waals surface area contributed by atoms with Crippen LogP contribution in [0.3, 0.4) is 0 Å². The standard InChI is InChI=1S/C22H23N3O2S2/c1-15-9-10-16(2)20(13-15)24-22(28)23-19-12-11-17(3)21(14-19)29(26,27)25-18-7-5-4-6-8-18/h4-14,25H,1-3H3,(H2,23,24,28). The second-order valence-electron chi connectivity index (χ2n) is 6.85. The highest BCUT2D eigenvalue weighted by Gasteiger charge is 2.18. The van der Waals surface area contributed by atoms with Gasteiger partial charge < -0.3 is 10.6 Å². The van der Waals surface area contributed by atoms with Crippen molar-refractivity contribution >= 4 is 44.4 Å². The number of thiocarbonyl (C=S) groups is 1. The van der Waals surface area contributed by atoms with Gasteiger partial charge in [0.25, 0.3) is 10.0 Å². The molecular formula is C22H23N3O2S2. The normalized spacial score (nSPS) is 11.0. The first-order valence-corrected chi connectivity index (χ1v) is 11.0. The van der Waals surface area contributed by atoms with Crippen molar-refractivity contribution in [3.63, 3.8) is 0 Å². The minimum Gasteiger partial charge on any atom is -0.332 e. The largest absolute Gasteiger partial charge is 0.332 e. The summed E-state index contributed by atoms with van der Waals surface area (Å²) in [5.41, 5.74) is 4.85. The summed E-state index contributed by atoms with van der Waals surface area (Å²) >= 11 is 5.41. The lowest BCUT2D eigenvalue weighted by atomic mass is 10.1. The molecule has 0 saturated heterocycles. The SMILES string of the molecule is Cc1ccc(C)c(NC(=S)Nc2ccc(C)c(S(=O)(=O)Nc3ccccc3)c2)c1. The van der Waals surface area contributed by atoms with Crippen molar-refractivity contribution in [3.05, 3.63) is 83.4 Å². The lowest BCUT2D eigenvalue weighted by Crippen LogP contribution is -2.20. The molecule has 0 saturated carbocycles. The molecule has 0 unspecified atom stereocenters. The van der Waals surface area contributed by atoms with E-state index in [1.54, 1.807) is 49.4 Å². The molecule has 29 heavy (non-hydrogen) atoms. The zero-order valence-corrected chi connectivity index (χ0v) is 18.1. The first kappa shape index (κ1) is 20.8. The van der Waals surface area contributed by atoms with Crippen LogP contribution in [0.25, 0.3) is 0 Å². The van der Waals surface area contributed by atoms with E-state index in [4.69, 9.17) is 12.2 Å². The Labute approximate surface area is 177 Å². The van der Waals surface area contributed by atoms with Gasteiger partial charge in [-0.05, 0) is 80.0 Å². The van der Waals surface area contributed by atoms with Gasteiger partial charge in [-0.1, -0.05) is 36.4 Å². The van der Waals surface area contributed by atoms with Gasteiger partial charge >= 0.3 is 0 Å². The summed E-state index contributed by atoms with van der Waals surface area (Å²) < 4.78 is 28.3. The molecule has 0 heterocycles. The van der Waals surface area contributed by atoms with E-state index in [1.165, 1.54) is 0 Å². The number of aryl methyl sites for hydroxylation is 3. The van der Waals surface area contributed by atoms with Crippen molar-refractivity contribution in [2.75, 3.05) is 15.4 Å². The van der Waals surface area contributed by atoms with Gasteiger partial charge in [-0.2, -0.15) is 0 Å². The Morgan fingerprint density at radius 2 is 1.48 bits per heavy atom. The molecule has 3 N–H and O–H groups in total. The van der Waals surface area contributed by atoms with E-state index < -0.39 is 10.0 Å². The van der Waals surface area contributed by atoms with Gasteiger partial charge in [0.2, 0.25) is 0 Å². The number of hydrogen-bond donors (Lipinski definition) is 3. The summed E-state index contributed by atoms with van der Waals surface area (Å²) in [4.78, 5) is 0.195. The van der Waals surface area contributed by atoms with Crippen LogP contribution in [0.4, 0.5) is 17.1 Å². The monoisotopic (exact) mass is 425 g/mol. The molecule has 3 aromatic carbocycles. The van der Waals surface area contributed by atoms with Crippen LogP contribution in [0.1, 0.15) is 16.7 Å². The second-order valence-corrected chi connectivity index (χ2v) is 8.91. The molecule has 0 aliphatic heterocycles. The Morgan fingerprint density at radius 3 is 2.21 bits per heavy atom.